The Morgan fingerprint density at radius 3 is 2.75 bits per heavy atom. The maximum absolute atomic E-state index is 12.4. The van der Waals surface area contributed by atoms with E-state index in [9.17, 15) is 13.2 Å². The Bertz CT molecular complexity index is 583. The van der Waals surface area contributed by atoms with Gasteiger partial charge in [0.1, 0.15) is 10.7 Å². The number of alkyl halides is 3. The van der Waals surface area contributed by atoms with E-state index in [4.69, 9.17) is 5.84 Å². The van der Waals surface area contributed by atoms with Gasteiger partial charge in [-0.15, -0.1) is 11.3 Å². The van der Waals surface area contributed by atoms with Gasteiger partial charge in [0.05, 0.1) is 18.5 Å². The zero-order valence-corrected chi connectivity index (χ0v) is 11.6. The summed E-state index contributed by atoms with van der Waals surface area (Å²) in [7, 11) is 0. The van der Waals surface area contributed by atoms with E-state index in [-0.39, 0.29) is 13.1 Å². The first kappa shape index (κ1) is 14.9. The van der Waals surface area contributed by atoms with Crippen molar-refractivity contribution >= 4 is 27.4 Å². The van der Waals surface area contributed by atoms with Gasteiger partial charge >= 0.3 is 6.18 Å². The van der Waals surface area contributed by atoms with Gasteiger partial charge in [0.25, 0.3) is 0 Å². The Labute approximate surface area is 117 Å². The number of anilines is 1. The van der Waals surface area contributed by atoms with E-state index in [1.165, 1.54) is 16.2 Å². The molecule has 0 atom stereocenters. The van der Waals surface area contributed by atoms with Crippen molar-refractivity contribution < 1.29 is 13.2 Å². The maximum atomic E-state index is 12.4. The maximum Gasteiger partial charge on any atom is 0.401 e. The summed E-state index contributed by atoms with van der Waals surface area (Å²) in [5.41, 5.74) is 2.45. The second-order valence-electron chi connectivity index (χ2n) is 4.19. The summed E-state index contributed by atoms with van der Waals surface area (Å²) in [5.74, 6) is 6.12. The molecule has 0 saturated carbocycles. The van der Waals surface area contributed by atoms with E-state index in [2.05, 4.69) is 15.4 Å². The van der Waals surface area contributed by atoms with Gasteiger partial charge in [-0.25, -0.2) is 15.8 Å². The number of fused-ring (bicyclic) bond motifs is 1. The number of nitrogens with two attached hydrogens (primary N) is 1. The molecule has 0 radical (unpaired) electrons. The standard InChI is InChI=1S/C11H14F3N5S/c1-2-19(6-11(12,13)14)5-8-16-9(18-15)7-3-4-20-10(7)17-8/h3-4H,2,5-6,15H2,1H3,(H,16,17,18). The average Bonchev–Trinajstić information content (AvgIpc) is 2.83. The van der Waals surface area contributed by atoms with Crippen molar-refractivity contribution in [1.29, 1.82) is 0 Å². The molecule has 0 fully saturated rings. The van der Waals surface area contributed by atoms with Crippen LogP contribution >= 0.6 is 11.3 Å². The highest BCUT2D eigenvalue weighted by molar-refractivity contribution is 7.16. The number of nitrogens with zero attached hydrogens (tertiary/aromatic N) is 3. The summed E-state index contributed by atoms with van der Waals surface area (Å²) in [4.78, 5) is 10.4. The molecule has 0 amide bonds. The molecule has 0 aromatic carbocycles. The van der Waals surface area contributed by atoms with Gasteiger partial charge in [0.15, 0.2) is 5.82 Å². The second kappa shape index (κ2) is 5.90. The van der Waals surface area contributed by atoms with Crippen molar-refractivity contribution in [3.8, 4) is 0 Å². The molecule has 2 aromatic rings. The van der Waals surface area contributed by atoms with Crippen molar-refractivity contribution in [2.24, 2.45) is 5.84 Å². The zero-order valence-electron chi connectivity index (χ0n) is 10.7. The van der Waals surface area contributed by atoms with Gasteiger partial charge in [-0.3, -0.25) is 4.90 Å². The van der Waals surface area contributed by atoms with Crippen LogP contribution in [0.3, 0.4) is 0 Å². The summed E-state index contributed by atoms with van der Waals surface area (Å²) >= 11 is 1.39. The minimum absolute atomic E-state index is 0.0263. The number of hydrazine groups is 1. The van der Waals surface area contributed by atoms with Crippen LogP contribution in [0.15, 0.2) is 11.4 Å². The molecule has 0 bridgehead atoms. The summed E-state index contributed by atoms with van der Waals surface area (Å²) in [6, 6.07) is 1.81. The van der Waals surface area contributed by atoms with Gasteiger partial charge < -0.3 is 5.43 Å². The summed E-state index contributed by atoms with van der Waals surface area (Å²) in [6.45, 7) is 0.966. The molecular formula is C11H14F3N5S. The van der Waals surface area contributed by atoms with Gasteiger partial charge in [-0.05, 0) is 18.0 Å². The predicted octanol–water partition coefficient (Wildman–Crippen LogP) is 2.36. The molecule has 5 nitrogen and oxygen atoms in total. The van der Waals surface area contributed by atoms with Crippen LogP contribution in [0.4, 0.5) is 19.0 Å². The Morgan fingerprint density at radius 2 is 2.15 bits per heavy atom. The van der Waals surface area contributed by atoms with Crippen LogP contribution in [-0.4, -0.2) is 34.1 Å². The van der Waals surface area contributed by atoms with Crippen LogP contribution in [0.2, 0.25) is 0 Å². The lowest BCUT2D eigenvalue weighted by molar-refractivity contribution is -0.146. The Balaban J connectivity index is 2.23. The van der Waals surface area contributed by atoms with Crippen molar-refractivity contribution in [2.75, 3.05) is 18.5 Å². The second-order valence-corrected chi connectivity index (χ2v) is 5.09. The van der Waals surface area contributed by atoms with Crippen LogP contribution in [-0.2, 0) is 6.54 Å². The molecule has 0 spiro atoms. The fourth-order valence-electron chi connectivity index (χ4n) is 1.81. The van der Waals surface area contributed by atoms with Crippen LogP contribution in [0.5, 0.6) is 0 Å². The summed E-state index contributed by atoms with van der Waals surface area (Å²) in [5, 5.41) is 2.59. The van der Waals surface area contributed by atoms with Crippen LogP contribution in [0.25, 0.3) is 10.2 Å². The third-order valence-electron chi connectivity index (χ3n) is 2.72. The Morgan fingerprint density at radius 1 is 1.40 bits per heavy atom. The fraction of sp³-hybridized carbons (Fsp3) is 0.455. The van der Waals surface area contributed by atoms with E-state index in [0.717, 1.165) is 5.39 Å². The molecule has 110 valence electrons. The highest BCUT2D eigenvalue weighted by Gasteiger charge is 2.30. The first-order valence-corrected chi connectivity index (χ1v) is 6.80. The third kappa shape index (κ3) is 3.56. The van der Waals surface area contributed by atoms with Gasteiger partial charge in [-0.1, -0.05) is 6.92 Å². The number of hydrogen-bond donors (Lipinski definition) is 2. The summed E-state index contributed by atoms with van der Waals surface area (Å²) < 4.78 is 37.3. The highest BCUT2D eigenvalue weighted by atomic mass is 32.1. The number of rotatable bonds is 5. The Kier molecular flexibility index (Phi) is 4.41. The SMILES string of the molecule is CCN(Cc1nc(NN)c2ccsc2n1)CC(F)(F)F. The number of halogens is 3. The number of nitrogens with one attached hydrogen (secondary N) is 1. The largest absolute Gasteiger partial charge is 0.401 e. The quantitative estimate of drug-likeness (QED) is 0.656. The number of nitrogen functional groups attached to an aromatic ring is 1. The lowest BCUT2D eigenvalue weighted by atomic mass is 10.3. The zero-order chi connectivity index (χ0) is 14.8. The first-order valence-electron chi connectivity index (χ1n) is 5.92. The average molecular weight is 305 g/mol. The molecule has 2 heterocycles. The smallest absolute Gasteiger partial charge is 0.308 e. The van der Waals surface area contributed by atoms with Crippen molar-refractivity contribution in [3.05, 3.63) is 17.3 Å². The number of thiophene rings is 1. The molecule has 3 N–H and O–H groups in total. The molecule has 0 aliphatic carbocycles. The molecular weight excluding hydrogens is 291 g/mol. The van der Waals surface area contributed by atoms with Crippen molar-refractivity contribution in [2.45, 2.75) is 19.6 Å². The molecule has 2 rings (SSSR count). The lowest BCUT2D eigenvalue weighted by Crippen LogP contribution is -2.34. The molecule has 0 saturated heterocycles. The van der Waals surface area contributed by atoms with Crippen LogP contribution in [0, 0.1) is 0 Å². The molecule has 9 heteroatoms. The lowest BCUT2D eigenvalue weighted by Gasteiger charge is -2.21. The van der Waals surface area contributed by atoms with Crippen LogP contribution in [0.1, 0.15) is 12.7 Å². The fourth-order valence-corrected chi connectivity index (χ4v) is 2.60. The minimum atomic E-state index is -4.24. The van der Waals surface area contributed by atoms with Gasteiger partial charge in [0, 0.05) is 0 Å². The molecule has 0 unspecified atom stereocenters. The van der Waals surface area contributed by atoms with E-state index in [1.807, 2.05) is 11.4 Å². The molecule has 20 heavy (non-hydrogen) atoms. The normalized spacial score (nSPS) is 12.3. The Hall–Kier alpha value is -1.45. The number of aromatic nitrogens is 2. The minimum Gasteiger partial charge on any atom is -0.308 e. The van der Waals surface area contributed by atoms with Crippen molar-refractivity contribution in [3.63, 3.8) is 0 Å². The monoisotopic (exact) mass is 305 g/mol. The molecule has 2 aromatic heterocycles. The molecule has 0 aliphatic heterocycles. The van der Waals surface area contributed by atoms with E-state index >= 15 is 0 Å². The van der Waals surface area contributed by atoms with Gasteiger partial charge in [0.2, 0.25) is 0 Å². The van der Waals surface area contributed by atoms with Gasteiger partial charge in [-0.2, -0.15) is 13.2 Å². The first-order chi connectivity index (χ1) is 9.43. The van der Waals surface area contributed by atoms with Crippen LogP contribution < -0.4 is 11.3 Å². The molecule has 0 aliphatic rings. The van der Waals surface area contributed by atoms with E-state index in [1.54, 1.807) is 6.92 Å². The summed E-state index contributed by atoms with van der Waals surface area (Å²) in [6.07, 6.45) is -4.24. The third-order valence-corrected chi connectivity index (χ3v) is 3.53. The van der Waals surface area contributed by atoms with E-state index < -0.39 is 12.7 Å². The predicted molar refractivity (Wildman–Crippen MR) is 72.2 cm³/mol. The van der Waals surface area contributed by atoms with E-state index in [0.29, 0.717) is 16.5 Å². The van der Waals surface area contributed by atoms with Crippen molar-refractivity contribution in [1.82, 2.24) is 14.9 Å². The topological polar surface area (TPSA) is 67.1 Å². The highest BCUT2D eigenvalue weighted by Crippen LogP contribution is 2.25. The number of hydrogen-bond acceptors (Lipinski definition) is 6.